The summed E-state index contributed by atoms with van der Waals surface area (Å²) in [6, 6.07) is -0.847. The normalized spacial score (nSPS) is 19.9. The molecule has 1 fully saturated rings. The Morgan fingerprint density at radius 3 is 1.61 bits per heavy atom. The number of rotatable bonds is 46. The Kier molecular flexibility index (Phi) is 44.1. The number of esters is 1. The van der Waals surface area contributed by atoms with Crippen molar-refractivity contribution in [2.24, 2.45) is 0 Å². The zero-order valence-electron chi connectivity index (χ0n) is 43.5. The zero-order valence-corrected chi connectivity index (χ0v) is 43.5. The average Bonchev–Trinajstić information content (AvgIpc) is 3.34. The van der Waals surface area contributed by atoms with Crippen LogP contribution in [0.5, 0.6) is 0 Å². The molecule has 0 aliphatic carbocycles. The molecule has 398 valence electrons. The van der Waals surface area contributed by atoms with E-state index >= 15 is 0 Å². The van der Waals surface area contributed by atoms with E-state index in [2.05, 4.69) is 66.9 Å². The summed E-state index contributed by atoms with van der Waals surface area (Å²) in [6.07, 6.45) is 51.6. The maximum atomic E-state index is 13.0. The third kappa shape index (κ3) is 37.5. The smallest absolute Gasteiger partial charge is 0.305 e. The van der Waals surface area contributed by atoms with Gasteiger partial charge in [0.05, 0.1) is 32.0 Å². The number of allylic oxidation sites excluding steroid dienone is 11. The van der Waals surface area contributed by atoms with E-state index in [-0.39, 0.29) is 18.5 Å². The van der Waals surface area contributed by atoms with Gasteiger partial charge in [0.15, 0.2) is 6.29 Å². The molecule has 1 amide bonds. The molecular weight excluding hydrogens is 871 g/mol. The van der Waals surface area contributed by atoms with Crippen LogP contribution in [-0.2, 0) is 23.8 Å². The third-order valence-corrected chi connectivity index (χ3v) is 12.6. The predicted octanol–water partition coefficient (Wildman–Crippen LogP) is 12.1. The first-order valence-electron chi connectivity index (χ1n) is 27.7. The summed E-state index contributed by atoms with van der Waals surface area (Å²) in [4.78, 5) is 25.0. The summed E-state index contributed by atoms with van der Waals surface area (Å²) in [5.74, 6) is -0.261. The molecule has 0 saturated carbocycles. The van der Waals surface area contributed by atoms with Crippen LogP contribution in [0.2, 0.25) is 0 Å². The predicted molar refractivity (Wildman–Crippen MR) is 283 cm³/mol. The molecule has 1 aliphatic heterocycles. The van der Waals surface area contributed by atoms with E-state index in [4.69, 9.17) is 14.2 Å². The van der Waals surface area contributed by atoms with Crippen molar-refractivity contribution in [1.29, 1.82) is 0 Å². The number of ether oxygens (including phenoxy) is 3. The van der Waals surface area contributed by atoms with Crippen molar-refractivity contribution in [3.05, 3.63) is 72.9 Å². The second kappa shape index (κ2) is 47.4. The van der Waals surface area contributed by atoms with Crippen molar-refractivity contribution in [2.45, 2.75) is 262 Å². The fourth-order valence-electron chi connectivity index (χ4n) is 8.14. The Morgan fingerprint density at radius 2 is 1.04 bits per heavy atom. The summed E-state index contributed by atoms with van der Waals surface area (Å²) < 4.78 is 16.6. The molecule has 6 N–H and O–H groups in total. The Labute approximate surface area is 420 Å². The van der Waals surface area contributed by atoms with Gasteiger partial charge in [0.25, 0.3) is 0 Å². The van der Waals surface area contributed by atoms with Gasteiger partial charge in [0.1, 0.15) is 24.4 Å². The molecule has 11 heteroatoms. The molecule has 0 radical (unpaired) electrons. The van der Waals surface area contributed by atoms with Crippen molar-refractivity contribution >= 4 is 11.9 Å². The number of carbonyl (C=O) groups excluding carboxylic acids is 2. The van der Waals surface area contributed by atoms with Crippen LogP contribution in [0.15, 0.2) is 72.9 Å². The number of unbranched alkanes of at least 4 members (excludes halogenated alkanes) is 23. The van der Waals surface area contributed by atoms with Crippen molar-refractivity contribution in [1.82, 2.24) is 5.32 Å². The number of aliphatic hydroxyl groups excluding tert-OH is 5. The Hall–Kier alpha value is -2.90. The molecule has 0 bridgehead atoms. The minimum Gasteiger partial charge on any atom is -0.466 e. The van der Waals surface area contributed by atoms with Gasteiger partial charge in [0.2, 0.25) is 5.91 Å². The summed E-state index contributed by atoms with van der Waals surface area (Å²) in [6.45, 7) is 4.00. The van der Waals surface area contributed by atoms with Crippen molar-refractivity contribution in [3.63, 3.8) is 0 Å². The largest absolute Gasteiger partial charge is 0.466 e. The van der Waals surface area contributed by atoms with E-state index in [0.29, 0.717) is 25.9 Å². The first kappa shape index (κ1) is 64.1. The van der Waals surface area contributed by atoms with Crippen LogP contribution in [0.1, 0.15) is 219 Å². The van der Waals surface area contributed by atoms with E-state index in [1.165, 1.54) is 89.9 Å². The van der Waals surface area contributed by atoms with E-state index in [9.17, 15) is 35.1 Å². The number of carbonyl (C=O) groups is 2. The highest BCUT2D eigenvalue weighted by Crippen LogP contribution is 2.23. The van der Waals surface area contributed by atoms with Gasteiger partial charge in [0, 0.05) is 12.8 Å². The van der Waals surface area contributed by atoms with Crippen LogP contribution in [-0.4, -0.2) is 100 Å². The lowest BCUT2D eigenvalue weighted by Crippen LogP contribution is -2.60. The fraction of sp³-hybridized carbons (Fsp3) is 0.759. The topological polar surface area (TPSA) is 175 Å². The van der Waals surface area contributed by atoms with Gasteiger partial charge in [-0.1, -0.05) is 163 Å². The fourth-order valence-corrected chi connectivity index (χ4v) is 8.14. The quantitative estimate of drug-likeness (QED) is 0.0196. The van der Waals surface area contributed by atoms with Crippen LogP contribution in [0.3, 0.4) is 0 Å². The summed E-state index contributed by atoms with van der Waals surface area (Å²) in [5, 5.41) is 54.0. The van der Waals surface area contributed by atoms with Gasteiger partial charge in [-0.2, -0.15) is 0 Å². The van der Waals surface area contributed by atoms with Crippen molar-refractivity contribution < 1.29 is 49.3 Å². The van der Waals surface area contributed by atoms with Crippen molar-refractivity contribution in [3.8, 4) is 0 Å². The summed E-state index contributed by atoms with van der Waals surface area (Å²) >= 11 is 0. The standard InChI is InChI=1S/C58H101NO10/c1-3-5-7-9-11-13-14-15-19-23-26-30-34-38-42-46-54(63)67-47-43-39-35-31-27-24-21-18-16-17-20-22-25-29-33-37-41-45-53(62)59-50(51(61)44-40-36-32-28-12-10-8-6-4-2)49-68-58-57(66)56(65)55(64)52(48-60)69-58/h4,6,12,15-16,18-19,24,27-28,40,44,50-52,55-58,60-61,64-66H,3,5,7-11,13-14,17,20-23,25-26,29-39,41-43,45-49H2,1-2H3,(H,59,62)/b6-4+,18-16-,19-15-,27-24-,28-12+,44-40+. The van der Waals surface area contributed by atoms with Crippen molar-refractivity contribution in [2.75, 3.05) is 19.8 Å². The van der Waals surface area contributed by atoms with E-state index in [0.717, 1.165) is 96.3 Å². The summed E-state index contributed by atoms with van der Waals surface area (Å²) in [5.41, 5.74) is 0. The Morgan fingerprint density at radius 1 is 0.565 bits per heavy atom. The number of amides is 1. The average molecular weight is 972 g/mol. The highest BCUT2D eigenvalue weighted by molar-refractivity contribution is 5.76. The van der Waals surface area contributed by atoms with Crippen LogP contribution < -0.4 is 5.32 Å². The van der Waals surface area contributed by atoms with E-state index < -0.39 is 49.5 Å². The molecule has 1 aliphatic rings. The third-order valence-electron chi connectivity index (χ3n) is 12.6. The lowest BCUT2D eigenvalue weighted by molar-refractivity contribution is -0.302. The number of hydrogen-bond donors (Lipinski definition) is 6. The molecule has 69 heavy (non-hydrogen) atoms. The molecule has 0 aromatic carbocycles. The zero-order chi connectivity index (χ0) is 50.3. The minimum absolute atomic E-state index is 0.0430. The van der Waals surface area contributed by atoms with Gasteiger partial charge in [-0.3, -0.25) is 9.59 Å². The molecule has 7 atom stereocenters. The van der Waals surface area contributed by atoms with Gasteiger partial charge < -0.3 is 45.1 Å². The maximum absolute atomic E-state index is 13.0. The van der Waals surface area contributed by atoms with E-state index in [1.807, 2.05) is 19.1 Å². The first-order chi connectivity index (χ1) is 33.7. The second-order valence-corrected chi connectivity index (χ2v) is 18.9. The second-order valence-electron chi connectivity index (χ2n) is 18.9. The SMILES string of the molecule is C/C=C/CC/C=C/CC/C=C/C(O)C(COC1OC(CO)C(O)C(O)C1O)NC(=O)CCCCCCCCC/C=C\C/C=C\CCCCCOC(=O)CCCCCCC/C=C\CCCCCCCC. The highest BCUT2D eigenvalue weighted by Gasteiger charge is 2.44. The molecular formula is C58H101NO10. The van der Waals surface area contributed by atoms with Crippen LogP contribution in [0.25, 0.3) is 0 Å². The number of aliphatic hydroxyl groups is 5. The highest BCUT2D eigenvalue weighted by atomic mass is 16.7. The summed E-state index contributed by atoms with van der Waals surface area (Å²) in [7, 11) is 0. The van der Waals surface area contributed by atoms with Crippen LogP contribution >= 0.6 is 0 Å². The molecule has 0 aromatic rings. The minimum atomic E-state index is -1.59. The number of nitrogens with one attached hydrogen (secondary N) is 1. The maximum Gasteiger partial charge on any atom is 0.305 e. The van der Waals surface area contributed by atoms with Crippen LogP contribution in [0, 0.1) is 0 Å². The van der Waals surface area contributed by atoms with Gasteiger partial charge in [-0.05, 0) is 116 Å². The van der Waals surface area contributed by atoms with Gasteiger partial charge >= 0.3 is 5.97 Å². The Balaban J connectivity index is 2.10. The lowest BCUT2D eigenvalue weighted by Gasteiger charge is -2.40. The monoisotopic (exact) mass is 972 g/mol. The Bertz CT molecular complexity index is 1380. The molecule has 1 heterocycles. The van der Waals surface area contributed by atoms with Gasteiger partial charge in [-0.25, -0.2) is 0 Å². The molecule has 7 unspecified atom stereocenters. The first-order valence-corrected chi connectivity index (χ1v) is 27.7. The molecule has 1 saturated heterocycles. The molecule has 11 nitrogen and oxygen atoms in total. The van der Waals surface area contributed by atoms with E-state index in [1.54, 1.807) is 6.08 Å². The molecule has 0 aromatic heterocycles. The molecule has 1 rings (SSSR count). The van der Waals surface area contributed by atoms with Gasteiger partial charge in [-0.15, -0.1) is 0 Å². The molecule has 0 spiro atoms. The van der Waals surface area contributed by atoms with Crippen LogP contribution in [0.4, 0.5) is 0 Å². The lowest BCUT2D eigenvalue weighted by atomic mass is 9.99. The number of hydrogen-bond acceptors (Lipinski definition) is 10.